The zero-order valence-corrected chi connectivity index (χ0v) is 11.6. The molecule has 2 saturated heterocycles. The highest BCUT2D eigenvalue weighted by Gasteiger charge is 2.65. The van der Waals surface area contributed by atoms with Crippen molar-refractivity contribution in [1.82, 2.24) is 0 Å². The van der Waals surface area contributed by atoms with Gasteiger partial charge in [-0.25, -0.2) is 0 Å². The third-order valence-corrected chi connectivity index (χ3v) is 4.73. The molecule has 1 aromatic rings. The Balaban J connectivity index is 1.75. The molecule has 1 amide bonds. The Morgan fingerprint density at radius 2 is 2.29 bits per heavy atom. The second kappa shape index (κ2) is 4.08. The van der Waals surface area contributed by atoms with Crippen molar-refractivity contribution in [2.24, 2.45) is 11.8 Å². The molecule has 3 heterocycles. The lowest BCUT2D eigenvalue weighted by atomic mass is 9.77. The number of carboxylic acid groups (broad SMARTS) is 1. The molecule has 4 rings (SSSR count). The van der Waals surface area contributed by atoms with Crippen LogP contribution >= 0.6 is 11.6 Å². The molecule has 21 heavy (non-hydrogen) atoms. The number of hydrogen-bond donors (Lipinski definition) is 0. The molecule has 3 aliphatic heterocycles. The molecule has 0 radical (unpaired) electrons. The number of rotatable bonds is 2. The highest BCUT2D eigenvalue weighted by Crippen LogP contribution is 2.52. The highest BCUT2D eigenvalue weighted by molar-refractivity contribution is 6.31. The van der Waals surface area contributed by atoms with Crippen LogP contribution in [0, 0.1) is 11.8 Å². The van der Waals surface area contributed by atoms with Gasteiger partial charge >= 0.3 is 0 Å². The largest absolute Gasteiger partial charge is 0.550 e. The van der Waals surface area contributed by atoms with Gasteiger partial charge in [0.25, 0.3) is 0 Å². The van der Waals surface area contributed by atoms with Gasteiger partial charge in [-0.3, -0.25) is 4.79 Å². The molecule has 0 aliphatic carbocycles. The molecule has 0 N–H and O–H groups in total. The number of ether oxygens (including phenoxy) is 1. The lowest BCUT2D eigenvalue weighted by Gasteiger charge is -2.24. The van der Waals surface area contributed by atoms with Crippen LogP contribution in [0.2, 0.25) is 5.02 Å². The molecule has 0 unspecified atom stereocenters. The summed E-state index contributed by atoms with van der Waals surface area (Å²) < 4.78 is 5.78. The summed E-state index contributed by atoms with van der Waals surface area (Å²) in [6.07, 6.45) is 2.96. The number of carbonyl (C=O) groups is 2. The number of aliphatic carboxylic acids is 1. The van der Waals surface area contributed by atoms with E-state index in [2.05, 4.69) is 0 Å². The monoisotopic (exact) mass is 304 g/mol. The highest BCUT2D eigenvalue weighted by atomic mass is 35.5. The topological polar surface area (TPSA) is 69.7 Å². The van der Waals surface area contributed by atoms with E-state index in [1.807, 2.05) is 6.08 Å². The Hall–Kier alpha value is -1.85. The van der Waals surface area contributed by atoms with Gasteiger partial charge in [0.05, 0.1) is 18.6 Å². The first kappa shape index (κ1) is 12.9. The average Bonchev–Trinajstić information content (AvgIpc) is 3.07. The van der Waals surface area contributed by atoms with Gasteiger partial charge in [0.1, 0.15) is 5.60 Å². The van der Waals surface area contributed by atoms with E-state index in [-0.39, 0.29) is 5.91 Å². The number of halogens is 1. The van der Waals surface area contributed by atoms with Crippen molar-refractivity contribution in [3.8, 4) is 0 Å². The minimum Gasteiger partial charge on any atom is -0.550 e. The molecule has 0 saturated carbocycles. The predicted octanol–water partition coefficient (Wildman–Crippen LogP) is 0.376. The molecular formula is C15H11ClNO4-. The summed E-state index contributed by atoms with van der Waals surface area (Å²) >= 11 is 5.96. The van der Waals surface area contributed by atoms with Crippen molar-refractivity contribution in [3.63, 3.8) is 0 Å². The zero-order valence-electron chi connectivity index (χ0n) is 10.9. The van der Waals surface area contributed by atoms with Crippen LogP contribution in [0.5, 0.6) is 0 Å². The number of anilines is 1. The van der Waals surface area contributed by atoms with Crippen LogP contribution in [-0.2, 0) is 14.3 Å². The van der Waals surface area contributed by atoms with Gasteiger partial charge in [-0.2, -0.15) is 0 Å². The molecule has 108 valence electrons. The molecule has 4 atom stereocenters. The minimum absolute atomic E-state index is 0.252. The van der Waals surface area contributed by atoms with Gasteiger partial charge in [0.15, 0.2) is 0 Å². The summed E-state index contributed by atoms with van der Waals surface area (Å²) in [7, 11) is 0. The normalized spacial score (nSPS) is 36.3. The maximum absolute atomic E-state index is 12.7. The standard InChI is InChI=1S/C15H12ClNO4/c16-8-2-1-3-9(6-8)17-7-15-5-4-10(21-15)11(14(19)20)12(15)13(17)18/h1-6,10-12H,7H2,(H,19,20)/p-1/t10-,11-,12-,15+/m1/s1. The predicted molar refractivity (Wildman–Crippen MR) is 72.5 cm³/mol. The Bertz CT molecular complexity index is 688. The van der Waals surface area contributed by atoms with E-state index in [4.69, 9.17) is 16.3 Å². The van der Waals surface area contributed by atoms with Gasteiger partial charge in [0, 0.05) is 22.6 Å². The van der Waals surface area contributed by atoms with Crippen LogP contribution in [0.25, 0.3) is 0 Å². The van der Waals surface area contributed by atoms with Crippen molar-refractivity contribution in [1.29, 1.82) is 0 Å². The Labute approximate surface area is 125 Å². The quantitative estimate of drug-likeness (QED) is 0.741. The summed E-state index contributed by atoms with van der Waals surface area (Å²) in [5.41, 5.74) is -0.205. The van der Waals surface area contributed by atoms with Crippen molar-refractivity contribution in [3.05, 3.63) is 41.4 Å². The number of carbonyl (C=O) groups excluding carboxylic acids is 2. The number of benzene rings is 1. The first-order valence-corrected chi connectivity index (χ1v) is 7.05. The van der Waals surface area contributed by atoms with E-state index in [1.165, 1.54) is 0 Å². The van der Waals surface area contributed by atoms with Gasteiger partial charge in [0.2, 0.25) is 5.91 Å². The molecular weight excluding hydrogens is 294 g/mol. The molecule has 3 aliphatic rings. The van der Waals surface area contributed by atoms with E-state index in [1.54, 1.807) is 35.2 Å². The summed E-state index contributed by atoms with van der Waals surface area (Å²) in [6.45, 7) is 0.299. The molecule has 2 fully saturated rings. The fraction of sp³-hybridized carbons (Fsp3) is 0.333. The second-order valence-corrected chi connectivity index (χ2v) is 6.06. The summed E-state index contributed by atoms with van der Waals surface area (Å²) in [6, 6.07) is 6.92. The second-order valence-electron chi connectivity index (χ2n) is 5.62. The number of hydrogen-bond acceptors (Lipinski definition) is 4. The number of amides is 1. The van der Waals surface area contributed by atoms with Crippen molar-refractivity contribution in [2.45, 2.75) is 11.7 Å². The van der Waals surface area contributed by atoms with Crippen LogP contribution in [0.15, 0.2) is 36.4 Å². The van der Waals surface area contributed by atoms with Gasteiger partial charge < -0.3 is 19.5 Å². The fourth-order valence-electron chi connectivity index (χ4n) is 3.63. The van der Waals surface area contributed by atoms with Crippen molar-refractivity contribution < 1.29 is 19.4 Å². The SMILES string of the molecule is O=C([O-])[C@@H]1[C@H]2C=C[C@@]3(CN(c4cccc(Cl)c4)C(=O)[C@@H]13)O2. The van der Waals surface area contributed by atoms with Crippen LogP contribution in [-0.4, -0.2) is 30.1 Å². The number of fused-ring (bicyclic) bond motifs is 1. The summed E-state index contributed by atoms with van der Waals surface area (Å²) in [4.78, 5) is 25.6. The first-order valence-electron chi connectivity index (χ1n) is 6.67. The molecule has 6 heteroatoms. The zero-order chi connectivity index (χ0) is 14.8. The molecule has 1 spiro atoms. The molecule has 1 aromatic carbocycles. The van der Waals surface area contributed by atoms with E-state index in [0.29, 0.717) is 17.3 Å². The van der Waals surface area contributed by atoms with E-state index in [9.17, 15) is 14.7 Å². The lowest BCUT2D eigenvalue weighted by molar-refractivity contribution is -0.313. The van der Waals surface area contributed by atoms with E-state index in [0.717, 1.165) is 0 Å². The van der Waals surface area contributed by atoms with Crippen molar-refractivity contribution in [2.75, 3.05) is 11.4 Å². The molecule has 0 aromatic heterocycles. The fourth-order valence-corrected chi connectivity index (χ4v) is 3.81. The van der Waals surface area contributed by atoms with Crippen LogP contribution in [0.1, 0.15) is 0 Å². The minimum atomic E-state index is -1.24. The Morgan fingerprint density at radius 1 is 1.48 bits per heavy atom. The summed E-state index contributed by atoms with van der Waals surface area (Å²) in [5, 5.41) is 11.9. The number of carboxylic acids is 1. The Kier molecular flexibility index (Phi) is 2.50. The maximum atomic E-state index is 12.7. The lowest BCUT2D eigenvalue weighted by Crippen LogP contribution is -2.45. The molecule has 2 bridgehead atoms. The smallest absolute Gasteiger partial charge is 0.234 e. The number of nitrogens with zero attached hydrogens (tertiary/aromatic N) is 1. The van der Waals surface area contributed by atoms with Gasteiger partial charge in [-0.1, -0.05) is 29.8 Å². The summed E-state index contributed by atoms with van der Waals surface area (Å²) in [5.74, 6) is -3.14. The first-order chi connectivity index (χ1) is 10.0. The van der Waals surface area contributed by atoms with Crippen molar-refractivity contribution >= 4 is 29.2 Å². The van der Waals surface area contributed by atoms with E-state index >= 15 is 0 Å². The van der Waals surface area contributed by atoms with Crippen LogP contribution in [0.4, 0.5) is 5.69 Å². The molecule has 5 nitrogen and oxygen atoms in total. The van der Waals surface area contributed by atoms with Crippen LogP contribution < -0.4 is 10.0 Å². The van der Waals surface area contributed by atoms with E-state index < -0.39 is 29.5 Å². The van der Waals surface area contributed by atoms with Gasteiger partial charge in [-0.05, 0) is 18.2 Å². The average molecular weight is 305 g/mol. The third-order valence-electron chi connectivity index (χ3n) is 4.49. The van der Waals surface area contributed by atoms with Gasteiger partial charge in [-0.15, -0.1) is 0 Å². The Morgan fingerprint density at radius 3 is 3.00 bits per heavy atom. The third kappa shape index (κ3) is 1.61. The maximum Gasteiger partial charge on any atom is 0.234 e. The van der Waals surface area contributed by atoms with Crippen LogP contribution in [0.3, 0.4) is 0 Å².